The van der Waals surface area contributed by atoms with Gasteiger partial charge in [0.15, 0.2) is 9.84 Å². The molecule has 2 aromatic rings. The Labute approximate surface area is 175 Å². The zero-order valence-corrected chi connectivity index (χ0v) is 18.0. The summed E-state index contributed by atoms with van der Waals surface area (Å²) in [6.07, 6.45) is -6.42. The number of sulfone groups is 1. The van der Waals surface area contributed by atoms with Gasteiger partial charge in [-0.15, -0.1) is 11.3 Å². The van der Waals surface area contributed by atoms with Crippen molar-refractivity contribution in [3.63, 3.8) is 0 Å². The van der Waals surface area contributed by atoms with Crippen LogP contribution in [0.5, 0.6) is 5.75 Å². The van der Waals surface area contributed by atoms with Crippen LogP contribution in [0.4, 0.5) is 17.6 Å². The summed E-state index contributed by atoms with van der Waals surface area (Å²) in [7, 11) is -2.91. The van der Waals surface area contributed by atoms with Gasteiger partial charge in [-0.3, -0.25) is 4.99 Å². The van der Waals surface area contributed by atoms with E-state index >= 15 is 0 Å². The highest BCUT2D eigenvalue weighted by molar-refractivity contribution is 7.93. The number of thiophene rings is 1. The van der Waals surface area contributed by atoms with Crippen LogP contribution in [0.25, 0.3) is 10.4 Å². The molecule has 30 heavy (non-hydrogen) atoms. The second-order valence-corrected chi connectivity index (χ2v) is 11.0. The highest BCUT2D eigenvalue weighted by atomic mass is 32.2. The van der Waals surface area contributed by atoms with E-state index in [4.69, 9.17) is 10.5 Å². The predicted molar refractivity (Wildman–Crippen MR) is 108 cm³/mol. The molecular formula is C19H20F4N2O3S2. The van der Waals surface area contributed by atoms with E-state index in [1.54, 1.807) is 24.3 Å². The molecule has 1 aliphatic heterocycles. The van der Waals surface area contributed by atoms with Crippen LogP contribution in [0, 0.1) is 5.82 Å². The molecule has 2 atom stereocenters. The molecule has 0 radical (unpaired) electrons. The van der Waals surface area contributed by atoms with Crippen molar-refractivity contribution >= 4 is 27.0 Å². The molecule has 0 unspecified atom stereocenters. The van der Waals surface area contributed by atoms with Crippen LogP contribution in [-0.2, 0) is 15.4 Å². The van der Waals surface area contributed by atoms with E-state index in [0.717, 1.165) is 18.3 Å². The van der Waals surface area contributed by atoms with E-state index in [-0.39, 0.29) is 4.88 Å². The summed E-state index contributed by atoms with van der Waals surface area (Å²) in [5.41, 5.74) is 4.76. The third-order valence-corrected chi connectivity index (χ3v) is 9.22. The maximum atomic E-state index is 14.8. The number of methoxy groups -OCH3 is 1. The lowest BCUT2D eigenvalue weighted by Crippen LogP contribution is -2.58. The number of hydrogen-bond donors (Lipinski definition) is 1. The number of ether oxygens (including phenoxy) is 1. The second kappa shape index (κ2) is 7.23. The molecule has 3 rings (SSSR count). The van der Waals surface area contributed by atoms with E-state index in [1.165, 1.54) is 20.1 Å². The SMILES string of the molecule is COc1cccc(-c2cc(F)c([C@]3(C)CS(=O)(=O)[C@@](C)(CC(F)(F)F)C(N)=N3)s2)c1. The van der Waals surface area contributed by atoms with Gasteiger partial charge in [0.1, 0.15) is 27.7 Å². The number of nitrogens with two attached hydrogens (primary N) is 1. The van der Waals surface area contributed by atoms with Crippen molar-refractivity contribution in [2.24, 2.45) is 10.7 Å². The van der Waals surface area contributed by atoms with Crippen LogP contribution in [0.1, 0.15) is 25.1 Å². The highest BCUT2D eigenvalue weighted by Crippen LogP contribution is 2.45. The fourth-order valence-corrected chi connectivity index (χ4v) is 6.69. The highest BCUT2D eigenvalue weighted by Gasteiger charge is 2.56. The number of hydrogen-bond acceptors (Lipinski definition) is 6. The standard InChI is InChI=1S/C19H20F4N2O3S2/c1-17(10-30(26,27)18(2,16(24)25-17)9-19(21,22)23)15-13(20)8-14(29-15)11-5-4-6-12(7-11)28-3/h4-8H,9-10H2,1-3H3,(H2,24,25)/t17-,18-/m0/s1. The summed E-state index contributed by atoms with van der Waals surface area (Å²) in [6.45, 7) is 2.26. The van der Waals surface area contributed by atoms with Crippen molar-refractivity contribution in [1.29, 1.82) is 0 Å². The molecule has 5 nitrogen and oxygen atoms in total. The second-order valence-electron chi connectivity index (χ2n) is 7.57. The largest absolute Gasteiger partial charge is 0.497 e. The number of amidine groups is 1. The number of alkyl halides is 3. The topological polar surface area (TPSA) is 81.8 Å². The molecule has 1 aromatic heterocycles. The number of benzene rings is 1. The lowest BCUT2D eigenvalue weighted by Gasteiger charge is -2.39. The molecule has 1 aromatic carbocycles. The Morgan fingerprint density at radius 3 is 2.50 bits per heavy atom. The van der Waals surface area contributed by atoms with Crippen LogP contribution < -0.4 is 10.5 Å². The molecule has 0 spiro atoms. The molecule has 11 heteroatoms. The van der Waals surface area contributed by atoms with Gasteiger partial charge in [-0.05, 0) is 37.6 Å². The van der Waals surface area contributed by atoms with Crippen molar-refractivity contribution in [2.45, 2.75) is 36.7 Å². The Kier molecular flexibility index (Phi) is 5.43. The van der Waals surface area contributed by atoms with Gasteiger partial charge in [-0.1, -0.05) is 12.1 Å². The minimum absolute atomic E-state index is 0.0131. The maximum absolute atomic E-state index is 14.8. The van der Waals surface area contributed by atoms with Crippen LogP contribution in [0.2, 0.25) is 0 Å². The zero-order chi connectivity index (χ0) is 22.5. The first kappa shape index (κ1) is 22.5. The molecule has 0 amide bonds. The van der Waals surface area contributed by atoms with Crippen LogP contribution >= 0.6 is 11.3 Å². The van der Waals surface area contributed by atoms with Gasteiger partial charge in [0.05, 0.1) is 24.2 Å². The van der Waals surface area contributed by atoms with E-state index in [9.17, 15) is 26.0 Å². The molecule has 2 heterocycles. The van der Waals surface area contributed by atoms with Gasteiger partial charge in [-0.25, -0.2) is 12.8 Å². The Bertz CT molecular complexity index is 1110. The van der Waals surface area contributed by atoms with Gasteiger partial charge in [-0.2, -0.15) is 13.2 Å². The Balaban J connectivity index is 2.08. The van der Waals surface area contributed by atoms with Crippen LogP contribution in [0.15, 0.2) is 35.3 Å². The molecule has 164 valence electrons. The maximum Gasteiger partial charge on any atom is 0.391 e. The number of halogens is 4. The summed E-state index contributed by atoms with van der Waals surface area (Å²) in [6, 6.07) is 8.09. The van der Waals surface area contributed by atoms with Gasteiger partial charge in [0, 0.05) is 4.88 Å². The first-order chi connectivity index (χ1) is 13.7. The first-order valence-corrected chi connectivity index (χ1v) is 11.3. The van der Waals surface area contributed by atoms with Crippen LogP contribution in [-0.4, -0.2) is 38.0 Å². The summed E-state index contributed by atoms with van der Waals surface area (Å²) in [5.74, 6) is -1.61. The van der Waals surface area contributed by atoms with E-state index < -0.39 is 50.1 Å². The average molecular weight is 465 g/mol. The summed E-state index contributed by atoms with van der Waals surface area (Å²) < 4.78 is 82.3. The molecule has 0 bridgehead atoms. The monoisotopic (exact) mass is 464 g/mol. The Hall–Kier alpha value is -2.14. The summed E-state index contributed by atoms with van der Waals surface area (Å²) in [4.78, 5) is 4.56. The molecule has 0 saturated carbocycles. The van der Waals surface area contributed by atoms with E-state index in [1.807, 2.05) is 0 Å². The van der Waals surface area contributed by atoms with Crippen molar-refractivity contribution in [3.8, 4) is 16.2 Å². The van der Waals surface area contributed by atoms with Crippen molar-refractivity contribution in [2.75, 3.05) is 12.9 Å². The smallest absolute Gasteiger partial charge is 0.391 e. The Morgan fingerprint density at radius 1 is 1.27 bits per heavy atom. The van der Waals surface area contributed by atoms with Crippen LogP contribution in [0.3, 0.4) is 0 Å². The predicted octanol–water partition coefficient (Wildman–Crippen LogP) is 4.27. The third-order valence-electron chi connectivity index (χ3n) is 5.13. The lowest BCUT2D eigenvalue weighted by molar-refractivity contribution is -0.137. The molecule has 0 fully saturated rings. The zero-order valence-electron chi connectivity index (χ0n) is 16.4. The summed E-state index contributed by atoms with van der Waals surface area (Å²) in [5, 5.41) is 0. The van der Waals surface area contributed by atoms with Gasteiger partial charge >= 0.3 is 6.18 Å². The van der Waals surface area contributed by atoms with Gasteiger partial charge in [0.2, 0.25) is 0 Å². The number of nitrogens with zero attached hydrogens (tertiary/aromatic N) is 1. The Morgan fingerprint density at radius 2 is 1.93 bits per heavy atom. The quantitative estimate of drug-likeness (QED) is 0.685. The fourth-order valence-electron chi connectivity index (χ4n) is 3.46. The first-order valence-electron chi connectivity index (χ1n) is 8.80. The number of rotatable bonds is 4. The molecule has 1 aliphatic rings. The van der Waals surface area contributed by atoms with Crippen molar-refractivity contribution in [3.05, 3.63) is 41.0 Å². The van der Waals surface area contributed by atoms with E-state index in [0.29, 0.717) is 16.2 Å². The third kappa shape index (κ3) is 3.92. The van der Waals surface area contributed by atoms with Crippen molar-refractivity contribution in [1.82, 2.24) is 0 Å². The number of aliphatic imine (C=N–C) groups is 1. The summed E-state index contributed by atoms with van der Waals surface area (Å²) >= 11 is 0.973. The lowest BCUT2D eigenvalue weighted by atomic mass is 9.99. The molecule has 0 aliphatic carbocycles. The van der Waals surface area contributed by atoms with Gasteiger partial charge in [0.25, 0.3) is 0 Å². The fraction of sp³-hybridized carbons (Fsp3) is 0.421. The molecular weight excluding hydrogens is 444 g/mol. The minimum atomic E-state index is -4.76. The minimum Gasteiger partial charge on any atom is -0.497 e. The van der Waals surface area contributed by atoms with E-state index in [2.05, 4.69) is 4.99 Å². The normalized spacial score (nSPS) is 26.3. The van der Waals surface area contributed by atoms with Crippen molar-refractivity contribution < 1.29 is 30.7 Å². The molecule has 0 saturated heterocycles. The van der Waals surface area contributed by atoms with Gasteiger partial charge < -0.3 is 10.5 Å². The molecule has 2 N–H and O–H groups in total. The average Bonchev–Trinajstić information content (AvgIpc) is 3.01.